The highest BCUT2D eigenvalue weighted by atomic mass is 16.5. The smallest absolute Gasteiger partial charge is 0.137 e. The fourth-order valence-corrected chi connectivity index (χ4v) is 5.18. The second-order valence-electron chi connectivity index (χ2n) is 16.4. The van der Waals surface area contributed by atoms with Crippen LogP contribution in [0, 0.1) is 5.41 Å². The first-order valence-electron chi connectivity index (χ1n) is 17.1. The standard InChI is InChI=1S/C40H58N4O3/c1-37(2,3)29-45-28-30-15-17-32(18-16-30)47-33-14-11-13-31(25-33)43-40(9,10)22-21-39(7,8)41-23-12-24-46-34-19-20-36-42-35(38(4,5)6)27-44(36)26-34/h11,13-20,25-27,41,43H,12,21-24,28-29H2,1-10H3. The molecule has 0 bridgehead atoms. The van der Waals surface area contributed by atoms with Crippen molar-refractivity contribution in [2.45, 2.75) is 112 Å². The third kappa shape index (κ3) is 12.2. The van der Waals surface area contributed by atoms with Crippen LogP contribution in [0.1, 0.15) is 99.8 Å². The van der Waals surface area contributed by atoms with Crippen LogP contribution in [-0.4, -0.2) is 40.2 Å². The maximum Gasteiger partial charge on any atom is 0.137 e. The molecule has 256 valence electrons. The molecule has 7 nitrogen and oxygen atoms in total. The van der Waals surface area contributed by atoms with Crippen molar-refractivity contribution in [2.75, 3.05) is 25.1 Å². The van der Waals surface area contributed by atoms with Crippen LogP contribution in [0.5, 0.6) is 17.2 Å². The molecule has 7 heteroatoms. The summed E-state index contributed by atoms with van der Waals surface area (Å²) in [5, 5.41) is 7.47. The van der Waals surface area contributed by atoms with Gasteiger partial charge in [-0.15, -0.1) is 0 Å². The highest BCUT2D eigenvalue weighted by Crippen LogP contribution is 2.29. The van der Waals surface area contributed by atoms with Gasteiger partial charge in [0, 0.05) is 34.4 Å². The SMILES string of the molecule is CC(C)(C)COCc1ccc(Oc2cccc(NC(C)(C)CCC(C)(C)NCCCOc3ccc4nc(C(C)(C)C)cn4c3)c2)cc1. The van der Waals surface area contributed by atoms with Crippen LogP contribution in [0.15, 0.2) is 73.1 Å². The Morgan fingerprint density at radius 3 is 2.15 bits per heavy atom. The molecular formula is C40H58N4O3. The Morgan fingerprint density at radius 1 is 0.745 bits per heavy atom. The fraction of sp³-hybridized carbons (Fsp3) is 0.525. The monoisotopic (exact) mass is 642 g/mol. The summed E-state index contributed by atoms with van der Waals surface area (Å²) in [4.78, 5) is 4.74. The number of benzene rings is 2. The molecule has 0 unspecified atom stereocenters. The first kappa shape index (κ1) is 36.3. The molecule has 0 saturated heterocycles. The second kappa shape index (κ2) is 15.1. The second-order valence-corrected chi connectivity index (χ2v) is 16.4. The van der Waals surface area contributed by atoms with Crippen LogP contribution in [-0.2, 0) is 16.8 Å². The topological polar surface area (TPSA) is 69.0 Å². The number of fused-ring (bicyclic) bond motifs is 1. The fourth-order valence-electron chi connectivity index (χ4n) is 5.18. The van der Waals surface area contributed by atoms with Crippen LogP contribution in [0.2, 0.25) is 0 Å². The van der Waals surface area contributed by atoms with E-state index in [0.717, 1.165) is 72.3 Å². The number of nitrogens with one attached hydrogen (secondary N) is 2. The number of nitrogens with zero attached hydrogens (tertiary/aromatic N) is 2. The number of anilines is 1. The average molecular weight is 643 g/mol. The minimum absolute atomic E-state index is 0.00688. The Morgan fingerprint density at radius 2 is 1.45 bits per heavy atom. The third-order valence-corrected chi connectivity index (χ3v) is 8.04. The van der Waals surface area contributed by atoms with Gasteiger partial charge >= 0.3 is 0 Å². The van der Waals surface area contributed by atoms with Gasteiger partial charge in [-0.1, -0.05) is 59.7 Å². The molecule has 47 heavy (non-hydrogen) atoms. The summed E-state index contributed by atoms with van der Waals surface area (Å²) in [5.41, 5.74) is 4.32. The maximum atomic E-state index is 6.18. The third-order valence-electron chi connectivity index (χ3n) is 8.04. The molecule has 0 atom stereocenters. The zero-order valence-corrected chi connectivity index (χ0v) is 30.5. The number of hydrogen-bond donors (Lipinski definition) is 2. The van der Waals surface area contributed by atoms with E-state index < -0.39 is 0 Å². The molecule has 2 aromatic carbocycles. The lowest BCUT2D eigenvalue weighted by atomic mass is 9.89. The molecule has 4 rings (SSSR count). The van der Waals surface area contributed by atoms with Gasteiger partial charge < -0.3 is 29.2 Å². The van der Waals surface area contributed by atoms with Crippen molar-refractivity contribution >= 4 is 11.3 Å². The van der Waals surface area contributed by atoms with E-state index in [4.69, 9.17) is 19.2 Å². The lowest BCUT2D eigenvalue weighted by Gasteiger charge is -2.33. The molecule has 0 aliphatic carbocycles. The highest BCUT2D eigenvalue weighted by molar-refractivity contribution is 5.51. The normalized spacial score (nSPS) is 12.8. The molecule has 2 heterocycles. The average Bonchev–Trinajstić information content (AvgIpc) is 3.41. The van der Waals surface area contributed by atoms with Crippen molar-refractivity contribution in [1.29, 1.82) is 0 Å². The summed E-state index contributed by atoms with van der Waals surface area (Å²) in [5.74, 6) is 2.49. The number of pyridine rings is 1. The summed E-state index contributed by atoms with van der Waals surface area (Å²) in [6.07, 6.45) is 7.09. The molecule has 0 aliphatic rings. The van der Waals surface area contributed by atoms with Gasteiger partial charge in [-0.05, 0) is 101 Å². The molecule has 0 aliphatic heterocycles. The Bertz CT molecular complexity index is 1560. The van der Waals surface area contributed by atoms with Crippen LogP contribution in [0.4, 0.5) is 5.69 Å². The summed E-state index contributed by atoms with van der Waals surface area (Å²) in [6.45, 7) is 25.0. The van der Waals surface area contributed by atoms with Crippen molar-refractivity contribution in [3.05, 3.63) is 84.3 Å². The first-order valence-corrected chi connectivity index (χ1v) is 17.1. The van der Waals surface area contributed by atoms with E-state index in [0.29, 0.717) is 13.2 Å². The lowest BCUT2D eigenvalue weighted by molar-refractivity contribution is 0.0599. The van der Waals surface area contributed by atoms with Crippen LogP contribution in [0.25, 0.3) is 5.65 Å². The molecular weight excluding hydrogens is 584 g/mol. The van der Waals surface area contributed by atoms with Crippen molar-refractivity contribution in [3.63, 3.8) is 0 Å². The van der Waals surface area contributed by atoms with E-state index in [1.165, 1.54) is 0 Å². The van der Waals surface area contributed by atoms with Gasteiger partial charge in [0.25, 0.3) is 0 Å². The Balaban J connectivity index is 1.18. The molecule has 0 amide bonds. The molecule has 0 radical (unpaired) electrons. The van der Waals surface area contributed by atoms with E-state index >= 15 is 0 Å². The molecule has 0 fully saturated rings. The Labute approximate surface area is 283 Å². The highest BCUT2D eigenvalue weighted by Gasteiger charge is 2.24. The number of aromatic nitrogens is 2. The lowest BCUT2D eigenvalue weighted by Crippen LogP contribution is -2.43. The van der Waals surface area contributed by atoms with Crippen molar-refractivity contribution < 1.29 is 14.2 Å². The minimum Gasteiger partial charge on any atom is -0.492 e. The van der Waals surface area contributed by atoms with Crippen molar-refractivity contribution in [1.82, 2.24) is 14.7 Å². The summed E-state index contributed by atoms with van der Waals surface area (Å²) in [6, 6.07) is 20.4. The molecule has 2 N–H and O–H groups in total. The van der Waals surface area contributed by atoms with Crippen molar-refractivity contribution in [3.8, 4) is 17.2 Å². The number of ether oxygens (including phenoxy) is 3. The van der Waals surface area contributed by atoms with Crippen LogP contribution >= 0.6 is 0 Å². The summed E-state index contributed by atoms with van der Waals surface area (Å²) >= 11 is 0. The van der Waals surface area contributed by atoms with E-state index in [2.05, 4.69) is 115 Å². The quantitative estimate of drug-likeness (QED) is 0.119. The van der Waals surface area contributed by atoms with Crippen LogP contribution < -0.4 is 20.1 Å². The summed E-state index contributed by atoms with van der Waals surface area (Å²) < 4.78 is 20.2. The van der Waals surface area contributed by atoms with Gasteiger partial charge in [-0.3, -0.25) is 0 Å². The Kier molecular flexibility index (Phi) is 11.7. The van der Waals surface area contributed by atoms with Gasteiger partial charge in [0.2, 0.25) is 0 Å². The number of imidazole rings is 1. The van der Waals surface area contributed by atoms with E-state index in [1.54, 1.807) is 0 Å². The van der Waals surface area contributed by atoms with Gasteiger partial charge in [0.15, 0.2) is 0 Å². The van der Waals surface area contributed by atoms with Gasteiger partial charge in [-0.25, -0.2) is 4.98 Å². The molecule has 0 spiro atoms. The van der Waals surface area contributed by atoms with Gasteiger partial charge in [-0.2, -0.15) is 0 Å². The summed E-state index contributed by atoms with van der Waals surface area (Å²) in [7, 11) is 0. The van der Waals surface area contributed by atoms with Gasteiger partial charge in [0.05, 0.1) is 31.7 Å². The Hall–Kier alpha value is -3.55. The molecule has 0 saturated carbocycles. The maximum absolute atomic E-state index is 6.18. The van der Waals surface area contributed by atoms with E-state index in [1.807, 2.05) is 42.6 Å². The van der Waals surface area contributed by atoms with Gasteiger partial charge in [0.1, 0.15) is 22.9 Å². The molecule has 2 aromatic heterocycles. The number of hydrogen-bond acceptors (Lipinski definition) is 6. The predicted molar refractivity (Wildman–Crippen MR) is 195 cm³/mol. The molecule has 4 aromatic rings. The number of rotatable bonds is 16. The van der Waals surface area contributed by atoms with Crippen LogP contribution in [0.3, 0.4) is 0 Å². The first-order chi connectivity index (χ1) is 22.0. The zero-order chi connectivity index (χ0) is 34.3. The minimum atomic E-state index is -0.0891. The zero-order valence-electron chi connectivity index (χ0n) is 30.5. The van der Waals surface area contributed by atoms with Crippen molar-refractivity contribution in [2.24, 2.45) is 5.41 Å². The predicted octanol–water partition coefficient (Wildman–Crippen LogP) is 9.79. The largest absolute Gasteiger partial charge is 0.492 e. The van der Waals surface area contributed by atoms with E-state index in [9.17, 15) is 0 Å². The van der Waals surface area contributed by atoms with E-state index in [-0.39, 0.29) is 21.9 Å².